The number of hydrogen-bond acceptors (Lipinski definition) is 1. The Morgan fingerprint density at radius 3 is 2.33 bits per heavy atom. The topological polar surface area (TPSA) is 9.23 Å². The molecule has 0 aliphatic heterocycles. The Morgan fingerprint density at radius 1 is 1.78 bits per heavy atom. The molecule has 2 unspecified atom stereocenters. The minimum Gasteiger partial charge on any atom is -0.362 e. The van der Waals surface area contributed by atoms with Gasteiger partial charge in [0.1, 0.15) is 10.7 Å². The van der Waals surface area contributed by atoms with Gasteiger partial charge < -0.3 is 4.74 Å². The van der Waals surface area contributed by atoms with Crippen LogP contribution < -0.4 is 0 Å². The van der Waals surface area contributed by atoms with Crippen LogP contribution in [-0.4, -0.2) is 16.4 Å². The van der Waals surface area contributed by atoms with Crippen LogP contribution in [0.15, 0.2) is 0 Å². The molecule has 0 saturated carbocycles. The van der Waals surface area contributed by atoms with Crippen molar-refractivity contribution < 1.29 is 13.5 Å². The van der Waals surface area contributed by atoms with E-state index in [2.05, 4.69) is 4.74 Å². The molecular weight excluding hydrogens is 260 g/mol. The highest BCUT2D eigenvalue weighted by molar-refractivity contribution is 14.1. The molecule has 0 N–H and O–H groups in total. The molecule has 0 bridgehead atoms. The monoisotopic (exact) mass is 268 g/mol. The molecule has 0 aromatic heterocycles. The van der Waals surface area contributed by atoms with Gasteiger partial charge in [0, 0.05) is 0 Å². The van der Waals surface area contributed by atoms with E-state index in [0.717, 1.165) is 0 Å². The molecule has 0 aliphatic carbocycles. The lowest BCUT2D eigenvalue weighted by molar-refractivity contribution is -0.00937. The zero-order valence-corrected chi connectivity index (χ0v) is 8.22. The molecule has 0 aliphatic rings. The van der Waals surface area contributed by atoms with E-state index < -0.39 is 12.3 Å². The fourth-order valence-corrected chi connectivity index (χ4v) is 0.502. The second kappa shape index (κ2) is 3.98. The summed E-state index contributed by atoms with van der Waals surface area (Å²) < 4.78 is 28.3. The Morgan fingerprint density at radius 2 is 2.22 bits per heavy atom. The van der Waals surface area contributed by atoms with Crippen molar-refractivity contribution in [3.05, 3.63) is 0 Å². The summed E-state index contributed by atoms with van der Waals surface area (Å²) in [7, 11) is 1.42. The summed E-state index contributed by atoms with van der Waals surface area (Å²) in [5.41, 5.74) is -2.78. The molecule has 0 heterocycles. The SMILES string of the molecule is CC(I)OCC(F)(F)P. The molecule has 0 aromatic rings. The van der Waals surface area contributed by atoms with Crippen LogP contribution in [-0.2, 0) is 4.74 Å². The molecule has 0 saturated heterocycles. The zero-order valence-electron chi connectivity index (χ0n) is 4.90. The molecule has 56 valence electrons. The third-order valence-electron chi connectivity index (χ3n) is 0.505. The molecule has 0 aromatic carbocycles. The van der Waals surface area contributed by atoms with Gasteiger partial charge in [-0.05, 0) is 6.92 Å². The Bertz CT molecular complexity index is 83.1. The molecule has 0 spiro atoms. The predicted octanol–water partition coefficient (Wildman–Crippen LogP) is 2.25. The van der Waals surface area contributed by atoms with E-state index in [9.17, 15) is 8.78 Å². The van der Waals surface area contributed by atoms with Crippen LogP contribution in [0.2, 0.25) is 0 Å². The van der Waals surface area contributed by atoms with Crippen LogP contribution in [0.5, 0.6) is 0 Å². The maximum absolute atomic E-state index is 11.9. The molecule has 0 amide bonds. The Hall–Kier alpha value is 0.980. The van der Waals surface area contributed by atoms with Crippen molar-refractivity contribution in [1.29, 1.82) is 0 Å². The van der Waals surface area contributed by atoms with E-state index in [-0.39, 0.29) is 4.11 Å². The number of alkyl halides is 3. The van der Waals surface area contributed by atoms with Crippen LogP contribution in [0.4, 0.5) is 8.78 Å². The quantitative estimate of drug-likeness (QED) is 0.433. The van der Waals surface area contributed by atoms with Gasteiger partial charge in [-0.2, -0.15) is 8.78 Å². The first-order valence-corrected chi connectivity index (χ1v) is 4.16. The average molecular weight is 268 g/mol. The molecule has 0 fully saturated rings. The largest absolute Gasteiger partial charge is 0.362 e. The van der Waals surface area contributed by atoms with Crippen LogP contribution in [0.25, 0.3) is 0 Å². The van der Waals surface area contributed by atoms with Gasteiger partial charge in [0.15, 0.2) is 0 Å². The zero-order chi connectivity index (χ0) is 7.49. The summed E-state index contributed by atoms with van der Waals surface area (Å²) in [4.78, 5) is 0. The van der Waals surface area contributed by atoms with Crippen molar-refractivity contribution >= 4 is 31.8 Å². The van der Waals surface area contributed by atoms with Crippen LogP contribution in [0.3, 0.4) is 0 Å². The van der Waals surface area contributed by atoms with Crippen LogP contribution in [0, 0.1) is 0 Å². The number of rotatable bonds is 3. The van der Waals surface area contributed by atoms with Gasteiger partial charge in [-0.25, -0.2) is 0 Å². The Balaban J connectivity index is 3.28. The third-order valence-corrected chi connectivity index (χ3v) is 1.03. The molecule has 0 radical (unpaired) electrons. The highest BCUT2D eigenvalue weighted by Crippen LogP contribution is 2.22. The summed E-state index contributed by atoms with van der Waals surface area (Å²) in [6, 6.07) is 0. The van der Waals surface area contributed by atoms with Crippen molar-refractivity contribution in [3.63, 3.8) is 0 Å². The van der Waals surface area contributed by atoms with E-state index in [1.165, 1.54) is 9.24 Å². The number of ether oxygens (including phenoxy) is 1. The highest BCUT2D eigenvalue weighted by atomic mass is 127. The average Bonchev–Trinajstić information content (AvgIpc) is 1.59. The van der Waals surface area contributed by atoms with E-state index in [1.807, 2.05) is 22.6 Å². The van der Waals surface area contributed by atoms with Crippen LogP contribution >= 0.6 is 31.8 Å². The van der Waals surface area contributed by atoms with E-state index in [0.29, 0.717) is 0 Å². The van der Waals surface area contributed by atoms with Crippen molar-refractivity contribution in [3.8, 4) is 0 Å². The van der Waals surface area contributed by atoms with Crippen molar-refractivity contribution in [2.24, 2.45) is 0 Å². The van der Waals surface area contributed by atoms with Gasteiger partial charge >= 0.3 is 0 Å². The summed E-state index contributed by atoms with van der Waals surface area (Å²) in [6.07, 6.45) is 0. The van der Waals surface area contributed by atoms with Gasteiger partial charge in [-0.3, -0.25) is 0 Å². The van der Waals surface area contributed by atoms with E-state index in [4.69, 9.17) is 0 Å². The van der Waals surface area contributed by atoms with Crippen molar-refractivity contribution in [1.82, 2.24) is 0 Å². The molecule has 2 atom stereocenters. The second-order valence-corrected chi connectivity index (χ2v) is 4.21. The first kappa shape index (κ1) is 9.98. The van der Waals surface area contributed by atoms with Gasteiger partial charge in [0.2, 0.25) is 0 Å². The van der Waals surface area contributed by atoms with E-state index in [1.54, 1.807) is 6.92 Å². The Labute approximate surface area is 68.9 Å². The molecule has 1 nitrogen and oxygen atoms in total. The van der Waals surface area contributed by atoms with Gasteiger partial charge in [0.05, 0.1) is 0 Å². The maximum Gasteiger partial charge on any atom is 0.281 e. The molecule has 9 heavy (non-hydrogen) atoms. The highest BCUT2D eigenvalue weighted by Gasteiger charge is 2.21. The molecule has 0 rings (SSSR count). The first-order valence-electron chi connectivity index (χ1n) is 2.34. The number of hydrogen-bond donors (Lipinski definition) is 0. The standard InChI is InChI=1S/C4H8F2IOP/c1-3(7)8-2-4(5,6)9/h3H,2,9H2,1H3. The third kappa shape index (κ3) is 8.98. The van der Waals surface area contributed by atoms with Gasteiger partial charge in [0.25, 0.3) is 5.66 Å². The molecular formula is C4H8F2IOP. The first-order chi connectivity index (χ1) is 3.92. The van der Waals surface area contributed by atoms with Gasteiger partial charge in [-0.1, -0.05) is 31.8 Å². The maximum atomic E-state index is 11.9. The van der Waals surface area contributed by atoms with Gasteiger partial charge in [-0.15, -0.1) is 0 Å². The Kier molecular flexibility index (Phi) is 4.42. The smallest absolute Gasteiger partial charge is 0.281 e. The predicted molar refractivity (Wildman–Crippen MR) is 44.1 cm³/mol. The normalized spacial score (nSPS) is 15.7. The van der Waals surface area contributed by atoms with E-state index >= 15 is 0 Å². The summed E-state index contributed by atoms with van der Waals surface area (Å²) in [5.74, 6) is 0. The fraction of sp³-hybridized carbons (Fsp3) is 1.00. The van der Waals surface area contributed by atoms with Crippen LogP contribution in [0.1, 0.15) is 6.92 Å². The lowest BCUT2D eigenvalue weighted by Crippen LogP contribution is -2.16. The fourth-order valence-electron chi connectivity index (χ4n) is 0.226. The summed E-state index contributed by atoms with van der Waals surface area (Å²) >= 11 is 1.92. The minimum absolute atomic E-state index is 0.158. The lowest BCUT2D eigenvalue weighted by Gasteiger charge is -2.11. The minimum atomic E-state index is -2.78. The number of halogens is 3. The lowest BCUT2D eigenvalue weighted by atomic mass is 10.7. The van der Waals surface area contributed by atoms with Crippen molar-refractivity contribution in [2.75, 3.05) is 6.61 Å². The molecule has 5 heteroatoms. The summed E-state index contributed by atoms with van der Waals surface area (Å²) in [6.45, 7) is 1.18. The summed E-state index contributed by atoms with van der Waals surface area (Å²) in [5, 5.41) is 0. The second-order valence-electron chi connectivity index (χ2n) is 1.62. The van der Waals surface area contributed by atoms with Crippen molar-refractivity contribution in [2.45, 2.75) is 16.7 Å².